The molecule has 7 nitrogen and oxygen atoms in total. The molecule has 0 radical (unpaired) electrons. The first kappa shape index (κ1) is 12.1. The third-order valence-corrected chi connectivity index (χ3v) is 2.80. The van der Waals surface area contributed by atoms with E-state index in [0.717, 1.165) is 11.3 Å². The molecule has 2 amide bonds. The number of methoxy groups -OCH3 is 1. The van der Waals surface area contributed by atoms with E-state index in [-0.39, 0.29) is 0 Å². The fourth-order valence-corrected chi connectivity index (χ4v) is 2.10. The van der Waals surface area contributed by atoms with Gasteiger partial charge >= 0.3 is 11.0 Å². The van der Waals surface area contributed by atoms with Gasteiger partial charge in [0, 0.05) is 0 Å². The second-order valence-electron chi connectivity index (χ2n) is 3.24. The number of primary amides is 1. The van der Waals surface area contributed by atoms with Gasteiger partial charge in [0.2, 0.25) is 0 Å². The Morgan fingerprint density at radius 1 is 1.61 bits per heavy atom. The van der Waals surface area contributed by atoms with Crippen molar-refractivity contribution in [2.75, 3.05) is 7.11 Å². The Morgan fingerprint density at radius 3 is 3.06 bits per heavy atom. The minimum absolute atomic E-state index is 0.396. The summed E-state index contributed by atoms with van der Waals surface area (Å²) in [6.07, 6.45) is 1.39. The van der Waals surface area contributed by atoms with E-state index >= 15 is 0 Å². The van der Waals surface area contributed by atoms with Gasteiger partial charge in [-0.2, -0.15) is 5.10 Å². The first-order valence-corrected chi connectivity index (χ1v) is 5.62. The molecule has 2 rings (SSSR count). The first-order chi connectivity index (χ1) is 8.60. The summed E-state index contributed by atoms with van der Waals surface area (Å²) >= 11 is 0.960. The molecule has 0 fully saturated rings. The topological polar surface area (TPSA) is 107 Å². The molecule has 0 unspecified atom stereocenters. The Morgan fingerprint density at radius 2 is 2.39 bits per heavy atom. The lowest BCUT2D eigenvalue weighted by atomic mass is 10.2. The molecule has 3 N–H and O–H groups in total. The van der Waals surface area contributed by atoms with E-state index in [2.05, 4.69) is 10.5 Å². The second-order valence-corrected chi connectivity index (χ2v) is 4.22. The van der Waals surface area contributed by atoms with Crippen molar-refractivity contribution in [1.29, 1.82) is 0 Å². The van der Waals surface area contributed by atoms with Crippen LogP contribution in [0.2, 0.25) is 0 Å². The third kappa shape index (κ3) is 2.48. The molecular weight excluding hydrogens is 258 g/mol. The molecule has 0 saturated heterocycles. The molecule has 94 valence electrons. The van der Waals surface area contributed by atoms with E-state index in [4.69, 9.17) is 14.9 Å². The van der Waals surface area contributed by atoms with Crippen LogP contribution in [0.25, 0.3) is 10.3 Å². The number of hydrogen-bond donors (Lipinski definition) is 2. The molecule has 0 atom stereocenters. The van der Waals surface area contributed by atoms with Crippen molar-refractivity contribution in [2.24, 2.45) is 10.8 Å². The minimum atomic E-state index is -0.757. The highest BCUT2D eigenvalue weighted by atomic mass is 32.1. The molecule has 1 heterocycles. The number of hydrogen-bond acceptors (Lipinski definition) is 6. The van der Waals surface area contributed by atoms with Gasteiger partial charge in [0.05, 0.1) is 18.0 Å². The number of nitrogens with two attached hydrogens (primary N) is 1. The number of carbonyl (C=O) groups excluding carboxylic acids is 1. The van der Waals surface area contributed by atoms with Crippen LogP contribution in [-0.4, -0.2) is 19.4 Å². The van der Waals surface area contributed by atoms with E-state index in [1.165, 1.54) is 13.3 Å². The van der Waals surface area contributed by atoms with Gasteiger partial charge in [-0.15, -0.1) is 0 Å². The summed E-state index contributed by atoms with van der Waals surface area (Å²) in [5, 5.41) is 3.62. The maximum absolute atomic E-state index is 11.2. The van der Waals surface area contributed by atoms with E-state index in [9.17, 15) is 9.59 Å². The predicted octanol–water partition coefficient (Wildman–Crippen LogP) is 0.865. The van der Waals surface area contributed by atoms with Gasteiger partial charge in [0.1, 0.15) is 0 Å². The zero-order valence-electron chi connectivity index (χ0n) is 9.30. The second kappa shape index (κ2) is 4.88. The van der Waals surface area contributed by atoms with Crippen LogP contribution in [0.5, 0.6) is 5.75 Å². The van der Waals surface area contributed by atoms with Crippen LogP contribution < -0.4 is 20.8 Å². The summed E-state index contributed by atoms with van der Waals surface area (Å²) < 4.78 is 10.7. The Kier molecular flexibility index (Phi) is 3.28. The van der Waals surface area contributed by atoms with Crippen LogP contribution in [0.3, 0.4) is 0 Å². The molecule has 2 aromatic rings. The molecule has 0 aliphatic rings. The van der Waals surface area contributed by atoms with Crippen molar-refractivity contribution in [1.82, 2.24) is 5.43 Å². The molecule has 1 aromatic carbocycles. The smallest absolute Gasteiger partial charge is 0.396 e. The number of amides is 2. The van der Waals surface area contributed by atoms with Gasteiger partial charge < -0.3 is 14.9 Å². The van der Waals surface area contributed by atoms with Gasteiger partial charge in [0.25, 0.3) is 0 Å². The number of ether oxygens (including phenoxy) is 1. The highest BCUT2D eigenvalue weighted by Gasteiger charge is 2.09. The number of benzene rings is 1. The largest absolute Gasteiger partial charge is 0.493 e. The number of urea groups is 1. The normalized spacial score (nSPS) is 10.9. The zero-order chi connectivity index (χ0) is 13.1. The van der Waals surface area contributed by atoms with Crippen LogP contribution in [0.15, 0.2) is 26.4 Å². The number of nitrogens with zero attached hydrogens (tertiary/aromatic N) is 1. The van der Waals surface area contributed by atoms with Gasteiger partial charge in [-0.1, -0.05) is 11.3 Å². The van der Waals surface area contributed by atoms with Crippen LogP contribution in [-0.2, 0) is 0 Å². The lowest BCUT2D eigenvalue weighted by Crippen LogP contribution is -2.24. The predicted molar refractivity (Wildman–Crippen MR) is 67.2 cm³/mol. The molecule has 18 heavy (non-hydrogen) atoms. The number of carbonyl (C=O) groups is 1. The van der Waals surface area contributed by atoms with Crippen molar-refractivity contribution in [3.05, 3.63) is 27.4 Å². The van der Waals surface area contributed by atoms with E-state index in [1.807, 2.05) is 0 Å². The standard InChI is InChI=1S/C10H9N3O4S/c1-16-6-2-5(4-12-13-9(11)14)3-7-8(6)17-10(15)18-7/h2-4H,1H3,(H3,11,13,14)/b12-4+. The first-order valence-electron chi connectivity index (χ1n) is 4.80. The molecule has 8 heteroatoms. The highest BCUT2D eigenvalue weighted by molar-refractivity contribution is 7.16. The number of nitrogens with one attached hydrogen (secondary N) is 1. The summed E-state index contributed by atoms with van der Waals surface area (Å²) in [5.74, 6) is 0.423. The van der Waals surface area contributed by atoms with Crippen LogP contribution in [0.4, 0.5) is 4.79 Å². The Hall–Kier alpha value is -2.35. The van der Waals surface area contributed by atoms with Crippen LogP contribution in [0, 0.1) is 0 Å². The molecule has 0 aliphatic heterocycles. The number of hydrazone groups is 1. The van der Waals surface area contributed by atoms with Crippen molar-refractivity contribution in [2.45, 2.75) is 0 Å². The fraction of sp³-hybridized carbons (Fsp3) is 0.100. The van der Waals surface area contributed by atoms with Gasteiger partial charge in [-0.25, -0.2) is 15.0 Å². The Balaban J connectivity index is 2.43. The number of fused-ring (bicyclic) bond motifs is 1. The summed E-state index contributed by atoms with van der Waals surface area (Å²) in [5.41, 5.74) is 7.97. The summed E-state index contributed by atoms with van der Waals surface area (Å²) in [4.78, 5) is 21.2. The molecule has 1 aromatic heterocycles. The monoisotopic (exact) mass is 267 g/mol. The molecule has 0 bridgehead atoms. The maximum atomic E-state index is 11.2. The van der Waals surface area contributed by atoms with Gasteiger partial charge in [0.15, 0.2) is 11.3 Å². The van der Waals surface area contributed by atoms with Crippen molar-refractivity contribution in [3.8, 4) is 5.75 Å². The fourth-order valence-electron chi connectivity index (χ4n) is 1.36. The van der Waals surface area contributed by atoms with Crippen molar-refractivity contribution >= 4 is 33.9 Å². The van der Waals surface area contributed by atoms with Gasteiger partial charge in [-0.3, -0.25) is 0 Å². The SMILES string of the molecule is COc1cc(/C=N/NC(N)=O)cc2sc(=O)oc12. The third-order valence-electron chi connectivity index (χ3n) is 2.03. The summed E-state index contributed by atoms with van der Waals surface area (Å²) in [6.45, 7) is 0. The van der Waals surface area contributed by atoms with E-state index < -0.39 is 11.0 Å². The zero-order valence-corrected chi connectivity index (χ0v) is 10.1. The summed E-state index contributed by atoms with van der Waals surface area (Å²) in [7, 11) is 1.47. The van der Waals surface area contributed by atoms with E-state index in [0.29, 0.717) is 21.6 Å². The molecular formula is C10H9N3O4S. The molecule has 0 aliphatic carbocycles. The van der Waals surface area contributed by atoms with Gasteiger partial charge in [-0.05, 0) is 17.7 Å². The van der Waals surface area contributed by atoms with Crippen molar-refractivity contribution in [3.63, 3.8) is 0 Å². The van der Waals surface area contributed by atoms with Crippen LogP contribution >= 0.6 is 11.3 Å². The highest BCUT2D eigenvalue weighted by Crippen LogP contribution is 2.28. The average Bonchev–Trinajstić information content (AvgIpc) is 2.67. The Bertz CT molecular complexity index is 673. The lowest BCUT2D eigenvalue weighted by Gasteiger charge is -2.01. The minimum Gasteiger partial charge on any atom is -0.493 e. The van der Waals surface area contributed by atoms with Crippen LogP contribution in [0.1, 0.15) is 5.56 Å². The lowest BCUT2D eigenvalue weighted by molar-refractivity contribution is 0.249. The summed E-state index contributed by atoms with van der Waals surface area (Å²) in [6, 6.07) is 2.57. The quantitative estimate of drug-likeness (QED) is 0.635. The van der Waals surface area contributed by atoms with Crippen molar-refractivity contribution < 1.29 is 13.9 Å². The Labute approximate surface area is 105 Å². The average molecular weight is 267 g/mol. The van der Waals surface area contributed by atoms with E-state index in [1.54, 1.807) is 12.1 Å². The maximum Gasteiger partial charge on any atom is 0.396 e. The molecule has 0 saturated carbocycles. The number of rotatable bonds is 3. The molecule has 0 spiro atoms.